The molecule has 0 aromatic rings. The summed E-state index contributed by atoms with van der Waals surface area (Å²) in [4.78, 5) is 11.8. The smallest absolute Gasteiger partial charge is 0.223 e. The van der Waals surface area contributed by atoms with Crippen molar-refractivity contribution in [3.63, 3.8) is 0 Å². The Morgan fingerprint density at radius 2 is 2.31 bits per heavy atom. The molecule has 3 heteroatoms. The first-order valence-corrected chi connectivity index (χ1v) is 6.07. The maximum Gasteiger partial charge on any atom is 0.223 e. The molecule has 0 aliphatic heterocycles. The fourth-order valence-electron chi connectivity index (χ4n) is 1.44. The second kappa shape index (κ2) is 5.63. The molecule has 1 N–H and O–H groups in total. The van der Waals surface area contributed by atoms with Crippen LogP contribution >= 0.6 is 15.9 Å². The van der Waals surface area contributed by atoms with E-state index in [1.165, 1.54) is 6.42 Å². The van der Waals surface area contributed by atoms with Crippen LogP contribution in [0.2, 0.25) is 0 Å². The molecule has 1 unspecified atom stereocenters. The van der Waals surface area contributed by atoms with Gasteiger partial charge < -0.3 is 5.32 Å². The van der Waals surface area contributed by atoms with Crippen LogP contribution in [0, 0.1) is 5.92 Å². The first-order chi connectivity index (χ1) is 6.24. The van der Waals surface area contributed by atoms with E-state index >= 15 is 0 Å². The molecular weight excluding hydrogens is 230 g/mol. The lowest BCUT2D eigenvalue weighted by Crippen LogP contribution is -2.37. The van der Waals surface area contributed by atoms with Crippen molar-refractivity contribution >= 4 is 21.8 Å². The minimum atomic E-state index is 0.256. The minimum absolute atomic E-state index is 0.256. The van der Waals surface area contributed by atoms with Gasteiger partial charge in [-0.15, -0.1) is 0 Å². The Kier molecular flexibility index (Phi) is 4.78. The highest BCUT2D eigenvalue weighted by atomic mass is 79.9. The van der Waals surface area contributed by atoms with E-state index in [9.17, 15) is 4.79 Å². The Balaban J connectivity index is 2.06. The Hall–Kier alpha value is -0.0500. The van der Waals surface area contributed by atoms with E-state index in [2.05, 4.69) is 28.2 Å². The van der Waals surface area contributed by atoms with Crippen molar-refractivity contribution in [1.82, 2.24) is 5.32 Å². The molecule has 2 nitrogen and oxygen atoms in total. The van der Waals surface area contributed by atoms with E-state index in [4.69, 9.17) is 0 Å². The number of halogens is 1. The highest BCUT2D eigenvalue weighted by Crippen LogP contribution is 2.26. The Bertz CT molecular complexity index is 168. The van der Waals surface area contributed by atoms with Crippen molar-refractivity contribution in [3.05, 3.63) is 0 Å². The largest absolute Gasteiger partial charge is 0.355 e. The molecule has 0 bridgehead atoms. The van der Waals surface area contributed by atoms with Gasteiger partial charge in [-0.3, -0.25) is 4.79 Å². The molecule has 1 saturated carbocycles. The maximum absolute atomic E-state index is 11.4. The summed E-state index contributed by atoms with van der Waals surface area (Å²) >= 11 is 3.54. The molecule has 0 aromatic carbocycles. The molecule has 0 spiro atoms. The van der Waals surface area contributed by atoms with Gasteiger partial charge in [-0.25, -0.2) is 0 Å². The number of rotatable bonds is 5. The SMILES string of the molecule is CCCC(Br)CNC(=O)C1CCC1. The fraction of sp³-hybridized carbons (Fsp3) is 0.900. The monoisotopic (exact) mass is 247 g/mol. The maximum atomic E-state index is 11.4. The van der Waals surface area contributed by atoms with Crippen molar-refractivity contribution in [2.75, 3.05) is 6.54 Å². The average Bonchev–Trinajstić information content (AvgIpc) is 1.98. The van der Waals surface area contributed by atoms with Crippen LogP contribution in [-0.4, -0.2) is 17.3 Å². The van der Waals surface area contributed by atoms with Gasteiger partial charge in [-0.2, -0.15) is 0 Å². The van der Waals surface area contributed by atoms with E-state index in [0.29, 0.717) is 10.7 Å². The van der Waals surface area contributed by atoms with Crippen LogP contribution in [0.15, 0.2) is 0 Å². The second-order valence-corrected chi connectivity index (χ2v) is 5.05. The molecular formula is C10H18BrNO. The normalized spacial score (nSPS) is 19.2. The highest BCUT2D eigenvalue weighted by molar-refractivity contribution is 9.09. The first kappa shape index (κ1) is 11.0. The number of alkyl halides is 1. The molecule has 0 radical (unpaired) electrons. The van der Waals surface area contributed by atoms with E-state index in [-0.39, 0.29) is 5.91 Å². The fourth-order valence-corrected chi connectivity index (χ4v) is 2.06. The van der Waals surface area contributed by atoms with E-state index in [0.717, 1.165) is 32.2 Å². The minimum Gasteiger partial charge on any atom is -0.355 e. The zero-order valence-corrected chi connectivity index (χ0v) is 9.77. The van der Waals surface area contributed by atoms with Crippen molar-refractivity contribution in [1.29, 1.82) is 0 Å². The Morgan fingerprint density at radius 1 is 1.62 bits per heavy atom. The lowest BCUT2D eigenvalue weighted by molar-refractivity contribution is -0.127. The van der Waals surface area contributed by atoms with Crippen LogP contribution < -0.4 is 5.32 Å². The standard InChI is InChI=1S/C10H18BrNO/c1-2-4-9(11)7-12-10(13)8-5-3-6-8/h8-9H,2-7H2,1H3,(H,12,13). The summed E-state index contributed by atoms with van der Waals surface area (Å²) in [5.74, 6) is 0.577. The number of nitrogens with one attached hydrogen (secondary N) is 1. The zero-order chi connectivity index (χ0) is 9.68. The summed E-state index contributed by atoms with van der Waals surface area (Å²) in [6.45, 7) is 2.94. The molecule has 1 aliphatic carbocycles. The topological polar surface area (TPSA) is 29.1 Å². The van der Waals surface area contributed by atoms with Gasteiger partial charge in [0.1, 0.15) is 0 Å². The number of amides is 1. The molecule has 1 atom stereocenters. The third-order valence-corrected chi connectivity index (χ3v) is 3.36. The molecule has 1 amide bonds. The molecule has 0 aromatic heterocycles. The van der Waals surface area contributed by atoms with Crippen LogP contribution in [0.1, 0.15) is 39.0 Å². The van der Waals surface area contributed by atoms with Crippen molar-refractivity contribution in [2.24, 2.45) is 5.92 Å². The lowest BCUT2D eigenvalue weighted by atomic mass is 9.85. The summed E-state index contributed by atoms with van der Waals surface area (Å²) < 4.78 is 0. The van der Waals surface area contributed by atoms with E-state index in [1.807, 2.05) is 0 Å². The van der Waals surface area contributed by atoms with Gasteiger partial charge in [0.05, 0.1) is 0 Å². The van der Waals surface area contributed by atoms with Crippen molar-refractivity contribution < 1.29 is 4.79 Å². The molecule has 76 valence electrons. The number of carbonyl (C=O) groups excluding carboxylic acids is 1. The summed E-state index contributed by atoms with van der Waals surface area (Å²) in [6, 6.07) is 0. The molecule has 0 heterocycles. The lowest BCUT2D eigenvalue weighted by Gasteiger charge is -2.24. The predicted octanol–water partition coefficient (Wildman–Crippen LogP) is 2.47. The van der Waals surface area contributed by atoms with Crippen molar-refractivity contribution in [3.8, 4) is 0 Å². The molecule has 1 rings (SSSR count). The third-order valence-electron chi connectivity index (χ3n) is 2.58. The van der Waals surface area contributed by atoms with Gasteiger partial charge in [0.2, 0.25) is 5.91 Å². The molecule has 0 saturated heterocycles. The number of hydrogen-bond acceptors (Lipinski definition) is 1. The number of carbonyl (C=O) groups is 1. The Labute approximate surface area is 88.6 Å². The van der Waals surface area contributed by atoms with Crippen LogP contribution in [0.3, 0.4) is 0 Å². The van der Waals surface area contributed by atoms with E-state index in [1.54, 1.807) is 0 Å². The van der Waals surface area contributed by atoms with Crippen LogP contribution in [0.5, 0.6) is 0 Å². The zero-order valence-electron chi connectivity index (χ0n) is 8.18. The number of hydrogen-bond donors (Lipinski definition) is 1. The molecule has 1 fully saturated rings. The van der Waals surface area contributed by atoms with Crippen LogP contribution in [0.25, 0.3) is 0 Å². The molecule has 13 heavy (non-hydrogen) atoms. The average molecular weight is 248 g/mol. The first-order valence-electron chi connectivity index (χ1n) is 5.15. The third kappa shape index (κ3) is 3.67. The predicted molar refractivity (Wildman–Crippen MR) is 58.0 cm³/mol. The quantitative estimate of drug-likeness (QED) is 0.744. The summed E-state index contributed by atoms with van der Waals surface area (Å²) in [5, 5.41) is 2.98. The van der Waals surface area contributed by atoms with E-state index < -0.39 is 0 Å². The highest BCUT2D eigenvalue weighted by Gasteiger charge is 2.24. The van der Waals surface area contributed by atoms with Gasteiger partial charge in [0, 0.05) is 17.3 Å². The van der Waals surface area contributed by atoms with Gasteiger partial charge in [-0.05, 0) is 19.3 Å². The summed E-state index contributed by atoms with van der Waals surface area (Å²) in [6.07, 6.45) is 5.70. The van der Waals surface area contributed by atoms with Gasteiger partial charge in [-0.1, -0.05) is 35.7 Å². The Morgan fingerprint density at radius 3 is 2.77 bits per heavy atom. The molecule has 1 aliphatic rings. The summed E-state index contributed by atoms with van der Waals surface area (Å²) in [7, 11) is 0. The van der Waals surface area contributed by atoms with Crippen LogP contribution in [-0.2, 0) is 4.79 Å². The van der Waals surface area contributed by atoms with Gasteiger partial charge >= 0.3 is 0 Å². The van der Waals surface area contributed by atoms with Crippen LogP contribution in [0.4, 0.5) is 0 Å². The van der Waals surface area contributed by atoms with Gasteiger partial charge in [0.25, 0.3) is 0 Å². The van der Waals surface area contributed by atoms with Crippen molar-refractivity contribution in [2.45, 2.75) is 43.9 Å². The second-order valence-electron chi connectivity index (χ2n) is 3.76. The summed E-state index contributed by atoms with van der Waals surface area (Å²) in [5.41, 5.74) is 0. The van der Waals surface area contributed by atoms with Gasteiger partial charge in [0.15, 0.2) is 0 Å².